The van der Waals surface area contributed by atoms with Crippen molar-refractivity contribution in [2.45, 2.75) is 63.3 Å². The summed E-state index contributed by atoms with van der Waals surface area (Å²) in [5.74, 6) is 0.336. The molecule has 2 nitrogen and oxygen atoms in total. The van der Waals surface area contributed by atoms with Crippen LogP contribution in [0.1, 0.15) is 79.3 Å². The topological polar surface area (TPSA) is 9.86 Å². The van der Waals surface area contributed by atoms with Gasteiger partial charge in [-0.15, -0.1) is 0 Å². The summed E-state index contributed by atoms with van der Waals surface area (Å²) in [5, 5.41) is 4.07. The van der Waals surface area contributed by atoms with E-state index in [0.29, 0.717) is 12.0 Å². The maximum absolute atomic E-state index is 2.58. The van der Waals surface area contributed by atoms with Crippen molar-refractivity contribution in [2.75, 3.05) is 0 Å². The maximum atomic E-state index is 2.58. The highest BCUT2D eigenvalue weighted by Crippen LogP contribution is 2.41. The van der Waals surface area contributed by atoms with Gasteiger partial charge in [-0.2, -0.15) is 0 Å². The molecule has 0 amide bonds. The van der Waals surface area contributed by atoms with E-state index in [2.05, 4.69) is 155 Å². The predicted molar refractivity (Wildman–Crippen MR) is 213 cm³/mol. The molecule has 5 aliphatic rings. The molecule has 0 aliphatic heterocycles. The molecule has 2 unspecified atom stereocenters. The Balaban J connectivity index is 1.01. The molecule has 50 heavy (non-hydrogen) atoms. The van der Waals surface area contributed by atoms with Gasteiger partial charge in [0.15, 0.2) is 0 Å². The summed E-state index contributed by atoms with van der Waals surface area (Å²) in [6.07, 6.45) is 41.7. The number of para-hydroxylation sites is 1. The minimum atomic E-state index is 0.305. The van der Waals surface area contributed by atoms with Gasteiger partial charge in [0.2, 0.25) is 0 Å². The first-order valence-corrected chi connectivity index (χ1v) is 18.7. The quantitative estimate of drug-likeness (QED) is 0.180. The number of rotatable bonds is 5. The van der Waals surface area contributed by atoms with Gasteiger partial charge in [-0.05, 0) is 110 Å². The van der Waals surface area contributed by atoms with Crippen molar-refractivity contribution in [1.82, 2.24) is 9.13 Å². The number of allylic oxidation sites excluding steroid dienone is 17. The van der Waals surface area contributed by atoms with Gasteiger partial charge in [0.25, 0.3) is 0 Å². The third-order valence-corrected chi connectivity index (χ3v) is 11.5. The normalized spacial score (nSPS) is 21.4. The van der Waals surface area contributed by atoms with Crippen molar-refractivity contribution >= 4 is 50.1 Å². The molecule has 5 aromatic rings. The van der Waals surface area contributed by atoms with Gasteiger partial charge < -0.3 is 9.13 Å². The highest BCUT2D eigenvalue weighted by atomic mass is 15.0. The molecule has 2 heterocycles. The first-order chi connectivity index (χ1) is 24.8. The summed E-state index contributed by atoms with van der Waals surface area (Å²) < 4.78 is 5.15. The lowest BCUT2D eigenvalue weighted by atomic mass is 9.86. The van der Waals surface area contributed by atoms with E-state index in [1.165, 1.54) is 77.5 Å². The molecule has 0 saturated heterocycles. The van der Waals surface area contributed by atoms with Crippen LogP contribution in [-0.4, -0.2) is 9.13 Å². The van der Waals surface area contributed by atoms with Crippen LogP contribution in [0.5, 0.6) is 0 Å². The smallest absolute Gasteiger partial charge is 0.0560 e. The Labute approximate surface area is 294 Å². The van der Waals surface area contributed by atoms with Crippen LogP contribution >= 0.6 is 0 Å². The predicted octanol–water partition coefficient (Wildman–Crippen LogP) is 12.7. The lowest BCUT2D eigenvalue weighted by Crippen LogP contribution is -2.08. The van der Waals surface area contributed by atoms with Gasteiger partial charge >= 0.3 is 0 Å². The van der Waals surface area contributed by atoms with E-state index < -0.39 is 0 Å². The Hall–Kier alpha value is -5.34. The molecule has 10 rings (SSSR count). The Bertz CT molecular complexity index is 2490. The Kier molecular flexibility index (Phi) is 7.22. The lowest BCUT2D eigenvalue weighted by Gasteiger charge is -2.22. The van der Waals surface area contributed by atoms with E-state index in [-0.39, 0.29) is 0 Å². The lowest BCUT2D eigenvalue weighted by molar-refractivity contribution is 0.645. The minimum Gasteiger partial charge on any atom is -0.333 e. The largest absolute Gasteiger partial charge is 0.333 e. The molecule has 0 N–H and O–H groups in total. The van der Waals surface area contributed by atoms with Crippen molar-refractivity contribution in [2.24, 2.45) is 0 Å². The molecule has 0 spiro atoms. The molecular weight excluding hydrogens is 605 g/mol. The second-order valence-corrected chi connectivity index (χ2v) is 14.5. The number of hydrogen-bond donors (Lipinski definition) is 0. The van der Waals surface area contributed by atoms with E-state index >= 15 is 0 Å². The number of benzene rings is 3. The Morgan fingerprint density at radius 3 is 2.36 bits per heavy atom. The van der Waals surface area contributed by atoms with Crippen LogP contribution in [-0.2, 0) is 6.42 Å². The van der Waals surface area contributed by atoms with Gasteiger partial charge in [0.1, 0.15) is 0 Å². The first-order valence-electron chi connectivity index (χ1n) is 18.7. The SMILES string of the molecule is C1=CCCC(n2c3c(c4ccc(C5=CC(c6ccc7c(c6)c6ccccc6n7C6C=CC(C7=CCCC=C7)=CC6)CC=C5)cc42)C=CCC3)=C1. The Morgan fingerprint density at radius 2 is 1.48 bits per heavy atom. The molecule has 0 bridgehead atoms. The molecule has 3 aromatic carbocycles. The highest BCUT2D eigenvalue weighted by Gasteiger charge is 2.23. The molecule has 0 radical (unpaired) electrons. The van der Waals surface area contributed by atoms with Crippen LogP contribution in [0.4, 0.5) is 0 Å². The maximum Gasteiger partial charge on any atom is 0.0560 e. The monoisotopic (exact) mass is 646 g/mol. The summed E-state index contributed by atoms with van der Waals surface area (Å²) in [4.78, 5) is 0. The zero-order valence-electron chi connectivity index (χ0n) is 28.6. The van der Waals surface area contributed by atoms with E-state index in [9.17, 15) is 0 Å². The first kappa shape index (κ1) is 29.6. The number of fused-ring (bicyclic) bond motifs is 6. The summed E-state index contributed by atoms with van der Waals surface area (Å²) >= 11 is 0. The highest BCUT2D eigenvalue weighted by molar-refractivity contribution is 6.08. The standard InChI is InChI=1S/C48H42N2/c1-3-12-33(13-4-1)34-22-26-40(27-23-34)49-46-21-10-8-19-42(46)44-31-37(25-29-47(44)49)35-14-11-15-36(30-35)38-24-28-43-41-18-7-9-20-45(41)50(48(43)32-38)39-16-5-2-6-17-39/h2-3,5,7-8,10-13,15-16,18-19,21-26,28-32,35,40H,1,4,6,9,14,17,20,27H2. The van der Waals surface area contributed by atoms with Crippen LogP contribution in [0.2, 0.25) is 0 Å². The van der Waals surface area contributed by atoms with E-state index in [1.54, 1.807) is 0 Å². The molecule has 244 valence electrons. The van der Waals surface area contributed by atoms with Crippen LogP contribution in [0.25, 0.3) is 50.1 Å². The molecular formula is C48H42N2. The van der Waals surface area contributed by atoms with Crippen molar-refractivity contribution in [1.29, 1.82) is 0 Å². The van der Waals surface area contributed by atoms with Crippen molar-refractivity contribution in [3.63, 3.8) is 0 Å². The third-order valence-electron chi connectivity index (χ3n) is 11.5. The molecule has 2 heteroatoms. The van der Waals surface area contributed by atoms with Crippen molar-refractivity contribution in [3.8, 4) is 0 Å². The number of hydrogen-bond acceptors (Lipinski definition) is 0. The third kappa shape index (κ3) is 4.92. The van der Waals surface area contributed by atoms with Crippen LogP contribution in [0.15, 0.2) is 151 Å². The molecule has 0 saturated carbocycles. The zero-order valence-corrected chi connectivity index (χ0v) is 28.6. The minimum absolute atomic E-state index is 0.305. The van der Waals surface area contributed by atoms with E-state index in [0.717, 1.165) is 51.4 Å². The van der Waals surface area contributed by atoms with Crippen molar-refractivity contribution < 1.29 is 0 Å². The molecule has 0 fully saturated rings. The second kappa shape index (κ2) is 12.2. The second-order valence-electron chi connectivity index (χ2n) is 14.5. The fourth-order valence-electron chi connectivity index (χ4n) is 9.06. The summed E-state index contributed by atoms with van der Waals surface area (Å²) in [5.41, 5.74) is 15.0. The van der Waals surface area contributed by atoms with E-state index in [1.807, 2.05) is 0 Å². The number of aromatic nitrogens is 2. The van der Waals surface area contributed by atoms with Gasteiger partial charge in [0.05, 0.1) is 11.6 Å². The van der Waals surface area contributed by atoms with Crippen LogP contribution < -0.4 is 0 Å². The fourth-order valence-corrected chi connectivity index (χ4v) is 9.06. The molecule has 5 aliphatic carbocycles. The average Bonchev–Trinajstić information content (AvgIpc) is 3.71. The van der Waals surface area contributed by atoms with Crippen LogP contribution in [0.3, 0.4) is 0 Å². The summed E-state index contributed by atoms with van der Waals surface area (Å²) in [7, 11) is 0. The zero-order chi connectivity index (χ0) is 33.0. The summed E-state index contributed by atoms with van der Waals surface area (Å²) in [6, 6.07) is 23.7. The fraction of sp³-hybridized carbons (Fsp3) is 0.208. The van der Waals surface area contributed by atoms with E-state index in [4.69, 9.17) is 0 Å². The van der Waals surface area contributed by atoms with Crippen molar-refractivity contribution in [3.05, 3.63) is 173 Å². The van der Waals surface area contributed by atoms with Gasteiger partial charge in [-0.3, -0.25) is 0 Å². The number of nitrogens with zero attached hydrogens (tertiary/aromatic N) is 2. The van der Waals surface area contributed by atoms with Gasteiger partial charge in [-0.1, -0.05) is 115 Å². The summed E-state index contributed by atoms with van der Waals surface area (Å²) in [6.45, 7) is 0. The average molecular weight is 647 g/mol. The molecule has 2 aromatic heterocycles. The Morgan fingerprint density at radius 1 is 0.600 bits per heavy atom. The van der Waals surface area contributed by atoms with Gasteiger partial charge in [0, 0.05) is 50.1 Å². The molecule has 2 atom stereocenters. The van der Waals surface area contributed by atoms with Crippen LogP contribution in [0, 0.1) is 0 Å². The van der Waals surface area contributed by atoms with Gasteiger partial charge in [-0.25, -0.2) is 0 Å².